The van der Waals surface area contributed by atoms with Crippen LogP contribution in [0.3, 0.4) is 0 Å². The lowest BCUT2D eigenvalue weighted by Crippen LogP contribution is -2.28. The molecule has 0 radical (unpaired) electrons. The molecule has 2 heterocycles. The summed E-state index contributed by atoms with van der Waals surface area (Å²) >= 11 is 0. The summed E-state index contributed by atoms with van der Waals surface area (Å²) in [6, 6.07) is 1.66. The van der Waals surface area contributed by atoms with Crippen LogP contribution in [0.5, 0.6) is 0 Å². The zero-order chi connectivity index (χ0) is 12.2. The van der Waals surface area contributed by atoms with Crippen molar-refractivity contribution in [1.82, 2.24) is 15.2 Å². The van der Waals surface area contributed by atoms with Crippen molar-refractivity contribution in [3.63, 3.8) is 0 Å². The molecule has 0 spiro atoms. The third kappa shape index (κ3) is 1.50. The first-order valence-electron chi connectivity index (χ1n) is 5.60. The van der Waals surface area contributed by atoms with E-state index in [9.17, 15) is 9.59 Å². The number of fused-ring (bicyclic) bond motifs is 2. The highest BCUT2D eigenvalue weighted by Crippen LogP contribution is 2.34. The van der Waals surface area contributed by atoms with Gasteiger partial charge in [0.25, 0.3) is 5.56 Å². The largest absolute Gasteiger partial charge is 0.294 e. The average molecular weight is 231 g/mol. The number of hydrogen-bond acceptors (Lipinski definition) is 3. The van der Waals surface area contributed by atoms with Gasteiger partial charge in [-0.1, -0.05) is 13.8 Å². The van der Waals surface area contributed by atoms with E-state index in [1.54, 1.807) is 6.07 Å². The summed E-state index contributed by atoms with van der Waals surface area (Å²) < 4.78 is 0. The summed E-state index contributed by atoms with van der Waals surface area (Å²) in [4.78, 5) is 27.9. The van der Waals surface area contributed by atoms with Gasteiger partial charge in [0.2, 0.25) is 0 Å². The van der Waals surface area contributed by atoms with Gasteiger partial charge in [0.15, 0.2) is 11.4 Å². The maximum atomic E-state index is 12.0. The number of nitrogens with one attached hydrogen (secondary N) is 2. The van der Waals surface area contributed by atoms with Gasteiger partial charge in [0.1, 0.15) is 0 Å². The van der Waals surface area contributed by atoms with Gasteiger partial charge in [-0.3, -0.25) is 19.8 Å². The highest BCUT2D eigenvalue weighted by atomic mass is 16.1. The fraction of sp³-hybridized carbons (Fsp3) is 0.417. The predicted molar refractivity (Wildman–Crippen MR) is 63.1 cm³/mol. The summed E-state index contributed by atoms with van der Waals surface area (Å²) in [6.45, 7) is 4.11. The number of hydrogen-bond donors (Lipinski definition) is 2. The Labute approximate surface area is 97.2 Å². The molecule has 2 aromatic heterocycles. The van der Waals surface area contributed by atoms with E-state index >= 15 is 0 Å². The molecule has 0 atom stereocenters. The van der Waals surface area contributed by atoms with Crippen LogP contribution in [0.15, 0.2) is 10.9 Å². The number of carbonyl (C=O) groups is 1. The minimum atomic E-state index is -0.229. The number of Topliss-reactive ketones (excluding diaryl/α,β-unsaturated/α-hetero) is 1. The first kappa shape index (κ1) is 10.3. The van der Waals surface area contributed by atoms with E-state index in [0.29, 0.717) is 23.0 Å². The number of aromatic nitrogens is 3. The summed E-state index contributed by atoms with van der Waals surface area (Å²) in [5, 5.41) is 5.66. The second kappa shape index (κ2) is 3.06. The van der Waals surface area contributed by atoms with Crippen LogP contribution in [0.25, 0.3) is 11.0 Å². The van der Waals surface area contributed by atoms with Crippen molar-refractivity contribution in [3.05, 3.63) is 27.7 Å². The van der Waals surface area contributed by atoms with Gasteiger partial charge in [-0.2, -0.15) is 0 Å². The zero-order valence-electron chi connectivity index (χ0n) is 9.76. The topological polar surface area (TPSA) is 78.6 Å². The Morgan fingerprint density at radius 3 is 2.76 bits per heavy atom. The smallest absolute Gasteiger partial charge is 0.273 e. The maximum absolute atomic E-state index is 12.0. The van der Waals surface area contributed by atoms with E-state index in [0.717, 1.165) is 12.1 Å². The number of ketones is 1. The van der Waals surface area contributed by atoms with Gasteiger partial charge in [-0.25, -0.2) is 4.98 Å². The van der Waals surface area contributed by atoms with E-state index in [1.165, 1.54) is 0 Å². The molecular formula is C12H13N3O2. The Hall–Kier alpha value is -1.91. The Balaban J connectivity index is 2.30. The van der Waals surface area contributed by atoms with Crippen molar-refractivity contribution < 1.29 is 4.79 Å². The first-order valence-corrected chi connectivity index (χ1v) is 5.60. The van der Waals surface area contributed by atoms with E-state index in [2.05, 4.69) is 29.0 Å². The molecule has 17 heavy (non-hydrogen) atoms. The number of aromatic amines is 2. The number of carbonyl (C=O) groups excluding carboxylic acids is 1. The van der Waals surface area contributed by atoms with Crippen LogP contribution >= 0.6 is 0 Å². The van der Waals surface area contributed by atoms with Gasteiger partial charge >= 0.3 is 0 Å². The molecule has 2 N–H and O–H groups in total. The summed E-state index contributed by atoms with van der Waals surface area (Å²) in [7, 11) is 0. The van der Waals surface area contributed by atoms with Gasteiger partial charge in [-0.15, -0.1) is 0 Å². The van der Waals surface area contributed by atoms with Crippen molar-refractivity contribution in [1.29, 1.82) is 0 Å². The number of H-pyrrole nitrogens is 2. The lowest BCUT2D eigenvalue weighted by Gasteiger charge is -2.29. The molecular weight excluding hydrogens is 218 g/mol. The number of pyridine rings is 1. The van der Waals surface area contributed by atoms with Crippen LogP contribution in [0.2, 0.25) is 0 Å². The standard InChI is InChI=1S/C12H13N3O2/c1-12(2)4-8-6(9(16)5-12)3-7-10(13-8)14-15-11(7)17/h3H,4-5H2,1-2H3,(H2,13,14,15,17). The first-order chi connectivity index (χ1) is 7.96. The van der Waals surface area contributed by atoms with Crippen molar-refractivity contribution in [2.75, 3.05) is 0 Å². The molecule has 3 rings (SSSR count). The highest BCUT2D eigenvalue weighted by molar-refractivity contribution is 6.01. The lowest BCUT2D eigenvalue weighted by atomic mass is 9.75. The van der Waals surface area contributed by atoms with Crippen LogP contribution in [0.1, 0.15) is 36.3 Å². The molecule has 0 aliphatic heterocycles. The van der Waals surface area contributed by atoms with E-state index in [1.807, 2.05) is 0 Å². The third-order valence-electron chi connectivity index (χ3n) is 3.23. The molecule has 5 nitrogen and oxygen atoms in total. The quantitative estimate of drug-likeness (QED) is 0.719. The summed E-state index contributed by atoms with van der Waals surface area (Å²) in [5.41, 5.74) is 1.63. The van der Waals surface area contributed by atoms with Crippen molar-refractivity contribution in [2.45, 2.75) is 26.7 Å². The van der Waals surface area contributed by atoms with Gasteiger partial charge in [-0.05, 0) is 17.9 Å². The van der Waals surface area contributed by atoms with Crippen molar-refractivity contribution in [3.8, 4) is 0 Å². The van der Waals surface area contributed by atoms with Gasteiger partial charge in [0.05, 0.1) is 11.1 Å². The molecule has 0 saturated heterocycles. The van der Waals surface area contributed by atoms with Crippen LogP contribution in [-0.4, -0.2) is 21.0 Å². The third-order valence-corrected chi connectivity index (χ3v) is 3.23. The second-order valence-corrected chi connectivity index (χ2v) is 5.40. The molecule has 2 aromatic rings. The molecule has 0 amide bonds. The molecule has 0 unspecified atom stereocenters. The Morgan fingerprint density at radius 2 is 2.00 bits per heavy atom. The van der Waals surface area contributed by atoms with Crippen LogP contribution in [0, 0.1) is 5.41 Å². The molecule has 0 fully saturated rings. The Morgan fingerprint density at radius 1 is 1.24 bits per heavy atom. The minimum absolute atomic E-state index is 0.0542. The maximum Gasteiger partial charge on any atom is 0.273 e. The number of rotatable bonds is 0. The van der Waals surface area contributed by atoms with E-state index in [-0.39, 0.29) is 16.8 Å². The van der Waals surface area contributed by atoms with Gasteiger partial charge < -0.3 is 0 Å². The van der Waals surface area contributed by atoms with E-state index in [4.69, 9.17) is 0 Å². The summed E-state index contributed by atoms with van der Waals surface area (Å²) in [6.07, 6.45) is 1.27. The molecule has 0 aromatic carbocycles. The fourth-order valence-electron chi connectivity index (χ4n) is 2.42. The SMILES string of the molecule is CC1(C)CC(=O)c2cc3c(=O)[nH][nH]c3nc2C1. The van der Waals surface area contributed by atoms with Crippen molar-refractivity contribution >= 4 is 16.8 Å². The molecule has 5 heteroatoms. The van der Waals surface area contributed by atoms with Crippen LogP contribution in [0.4, 0.5) is 0 Å². The molecule has 0 saturated carbocycles. The van der Waals surface area contributed by atoms with Gasteiger partial charge in [0, 0.05) is 12.0 Å². The minimum Gasteiger partial charge on any atom is -0.294 e. The molecule has 88 valence electrons. The predicted octanol–water partition coefficient (Wildman–Crippen LogP) is 1.41. The fourth-order valence-corrected chi connectivity index (χ4v) is 2.42. The van der Waals surface area contributed by atoms with Crippen molar-refractivity contribution in [2.24, 2.45) is 5.41 Å². The zero-order valence-corrected chi connectivity index (χ0v) is 9.76. The van der Waals surface area contributed by atoms with E-state index < -0.39 is 0 Å². The average Bonchev–Trinajstić information content (AvgIpc) is 2.56. The lowest BCUT2D eigenvalue weighted by molar-refractivity contribution is 0.0910. The molecule has 1 aliphatic carbocycles. The number of nitrogens with zero attached hydrogens (tertiary/aromatic N) is 1. The van der Waals surface area contributed by atoms with Crippen LogP contribution < -0.4 is 5.56 Å². The monoisotopic (exact) mass is 231 g/mol. The summed E-state index contributed by atoms with van der Waals surface area (Å²) in [5.74, 6) is 0.0752. The molecule has 0 bridgehead atoms. The molecule has 1 aliphatic rings. The highest BCUT2D eigenvalue weighted by Gasteiger charge is 2.32. The normalized spacial score (nSPS) is 18.4. The van der Waals surface area contributed by atoms with Crippen LogP contribution in [-0.2, 0) is 6.42 Å². The second-order valence-electron chi connectivity index (χ2n) is 5.40. The Kier molecular flexibility index (Phi) is 1.85. The Bertz CT molecular complexity index is 679.